The van der Waals surface area contributed by atoms with Crippen LogP contribution in [0.25, 0.3) is 0 Å². The van der Waals surface area contributed by atoms with Crippen LogP contribution in [0.3, 0.4) is 0 Å². The Kier molecular flexibility index (Phi) is 4.25. The second-order valence-corrected chi connectivity index (χ2v) is 5.25. The van der Waals surface area contributed by atoms with E-state index < -0.39 is 4.92 Å². The number of nitrogens with one attached hydrogen (secondary N) is 1. The number of nitro benzene ring substituents is 1. The van der Waals surface area contributed by atoms with E-state index in [1.54, 1.807) is 7.11 Å². The van der Waals surface area contributed by atoms with E-state index in [1.165, 1.54) is 18.2 Å². The maximum atomic E-state index is 12.0. The second-order valence-electron chi connectivity index (χ2n) is 4.85. The van der Waals surface area contributed by atoms with Crippen molar-refractivity contribution >= 4 is 23.2 Å². The molecule has 1 saturated carbocycles. The average Bonchev–Trinajstić information content (AvgIpc) is 2.38. The number of benzene rings is 1. The Morgan fingerprint density at radius 1 is 1.55 bits per heavy atom. The summed E-state index contributed by atoms with van der Waals surface area (Å²) >= 11 is 5.71. The molecule has 0 aromatic heterocycles. The van der Waals surface area contributed by atoms with E-state index >= 15 is 0 Å². The van der Waals surface area contributed by atoms with Crippen LogP contribution in [-0.4, -0.2) is 30.1 Å². The number of nitrogens with zero attached hydrogens (tertiary/aromatic N) is 1. The van der Waals surface area contributed by atoms with Crippen molar-refractivity contribution < 1.29 is 14.5 Å². The summed E-state index contributed by atoms with van der Waals surface area (Å²) in [6.45, 7) is 0.402. The lowest BCUT2D eigenvalue weighted by atomic mass is 9.80. The first-order valence-electron chi connectivity index (χ1n) is 6.25. The molecule has 6 nitrogen and oxygen atoms in total. The molecule has 0 bridgehead atoms. The van der Waals surface area contributed by atoms with Gasteiger partial charge in [-0.2, -0.15) is 0 Å². The van der Waals surface area contributed by atoms with Gasteiger partial charge in [-0.3, -0.25) is 14.9 Å². The van der Waals surface area contributed by atoms with Gasteiger partial charge in [-0.15, -0.1) is 0 Å². The van der Waals surface area contributed by atoms with Crippen LogP contribution >= 0.6 is 11.6 Å². The van der Waals surface area contributed by atoms with Crippen molar-refractivity contribution in [3.8, 4) is 0 Å². The molecule has 1 aromatic carbocycles. The first-order valence-corrected chi connectivity index (χ1v) is 6.62. The third-order valence-electron chi connectivity index (χ3n) is 3.67. The first-order chi connectivity index (χ1) is 9.47. The summed E-state index contributed by atoms with van der Waals surface area (Å²) < 4.78 is 5.40. The Labute approximate surface area is 121 Å². The van der Waals surface area contributed by atoms with E-state index in [9.17, 15) is 14.9 Å². The molecule has 108 valence electrons. The van der Waals surface area contributed by atoms with Crippen molar-refractivity contribution in [3.05, 3.63) is 38.9 Å². The van der Waals surface area contributed by atoms with Crippen LogP contribution in [-0.2, 0) is 4.74 Å². The van der Waals surface area contributed by atoms with Crippen molar-refractivity contribution in [2.75, 3.05) is 13.7 Å². The number of amides is 1. The van der Waals surface area contributed by atoms with Gasteiger partial charge < -0.3 is 10.1 Å². The summed E-state index contributed by atoms with van der Waals surface area (Å²) in [4.78, 5) is 22.2. The fourth-order valence-electron chi connectivity index (χ4n) is 2.16. The van der Waals surface area contributed by atoms with E-state index in [0.717, 1.165) is 19.3 Å². The van der Waals surface area contributed by atoms with Gasteiger partial charge in [0, 0.05) is 25.3 Å². The van der Waals surface area contributed by atoms with Gasteiger partial charge in [0.15, 0.2) is 0 Å². The highest BCUT2D eigenvalue weighted by Crippen LogP contribution is 2.34. The van der Waals surface area contributed by atoms with Crippen molar-refractivity contribution in [2.45, 2.75) is 24.9 Å². The number of hydrogen-bond acceptors (Lipinski definition) is 4. The molecule has 1 aliphatic rings. The minimum atomic E-state index is -0.609. The van der Waals surface area contributed by atoms with Gasteiger partial charge in [0.25, 0.3) is 11.6 Å². The maximum absolute atomic E-state index is 12.0. The maximum Gasteiger partial charge on any atom is 0.288 e. The van der Waals surface area contributed by atoms with Crippen molar-refractivity contribution in [1.82, 2.24) is 5.32 Å². The van der Waals surface area contributed by atoms with Crippen LogP contribution in [0.2, 0.25) is 5.02 Å². The zero-order valence-electron chi connectivity index (χ0n) is 11.0. The summed E-state index contributed by atoms with van der Waals surface area (Å²) in [6, 6.07) is 3.99. The zero-order valence-corrected chi connectivity index (χ0v) is 11.8. The minimum absolute atomic E-state index is 0.0129. The summed E-state index contributed by atoms with van der Waals surface area (Å²) in [5, 5.41) is 13.5. The predicted molar refractivity (Wildman–Crippen MR) is 74.0 cm³/mol. The van der Waals surface area contributed by atoms with Gasteiger partial charge in [0.05, 0.1) is 10.5 Å². The smallest absolute Gasteiger partial charge is 0.288 e. The number of methoxy groups -OCH3 is 1. The number of nitro groups is 1. The number of carbonyl (C=O) groups excluding carboxylic acids is 1. The van der Waals surface area contributed by atoms with Crippen LogP contribution in [0.4, 0.5) is 5.69 Å². The molecule has 1 N–H and O–H groups in total. The van der Waals surface area contributed by atoms with Gasteiger partial charge >= 0.3 is 0 Å². The van der Waals surface area contributed by atoms with Crippen LogP contribution in [0.5, 0.6) is 0 Å². The highest BCUT2D eigenvalue weighted by Gasteiger charge is 2.37. The van der Waals surface area contributed by atoms with E-state index in [1.807, 2.05) is 0 Å². The Morgan fingerprint density at radius 2 is 2.25 bits per heavy atom. The quantitative estimate of drug-likeness (QED) is 0.669. The Bertz CT molecular complexity index is 538. The average molecular weight is 299 g/mol. The lowest BCUT2D eigenvalue weighted by Crippen LogP contribution is -2.49. The third kappa shape index (κ3) is 2.91. The van der Waals surface area contributed by atoms with Gasteiger partial charge in [-0.1, -0.05) is 11.6 Å². The molecule has 0 heterocycles. The SMILES string of the molecule is COC1(CNC(=O)c2ccc(Cl)c([N+](=O)[O-])c2)CCC1. The highest BCUT2D eigenvalue weighted by molar-refractivity contribution is 6.32. The topological polar surface area (TPSA) is 81.5 Å². The molecule has 1 aliphatic carbocycles. The number of rotatable bonds is 5. The molecule has 1 amide bonds. The number of halogens is 1. The summed E-state index contributed by atoms with van der Waals surface area (Å²) in [5.74, 6) is -0.368. The largest absolute Gasteiger partial charge is 0.376 e. The lowest BCUT2D eigenvalue weighted by molar-refractivity contribution is -0.384. The van der Waals surface area contributed by atoms with Crippen LogP contribution in [0, 0.1) is 10.1 Å². The molecule has 2 rings (SSSR count). The van der Waals surface area contributed by atoms with Crippen molar-refractivity contribution in [1.29, 1.82) is 0 Å². The molecule has 20 heavy (non-hydrogen) atoms. The number of carbonyl (C=O) groups is 1. The predicted octanol–water partition coefficient (Wildman–Crippen LogP) is 2.55. The first kappa shape index (κ1) is 14.7. The van der Waals surface area contributed by atoms with E-state index in [0.29, 0.717) is 6.54 Å². The Hall–Kier alpha value is -1.66. The van der Waals surface area contributed by atoms with E-state index in [-0.39, 0.29) is 27.8 Å². The normalized spacial score (nSPS) is 16.3. The fourth-order valence-corrected chi connectivity index (χ4v) is 2.35. The highest BCUT2D eigenvalue weighted by atomic mass is 35.5. The minimum Gasteiger partial charge on any atom is -0.376 e. The molecular formula is C13H15ClN2O4. The molecule has 1 fully saturated rings. The van der Waals surface area contributed by atoms with Crippen LogP contribution in [0.15, 0.2) is 18.2 Å². The lowest BCUT2D eigenvalue weighted by Gasteiger charge is -2.40. The van der Waals surface area contributed by atoms with Crippen LogP contribution in [0.1, 0.15) is 29.6 Å². The Balaban J connectivity index is 2.06. The molecule has 0 aliphatic heterocycles. The molecule has 7 heteroatoms. The molecule has 0 spiro atoms. The number of ether oxygens (including phenoxy) is 1. The Morgan fingerprint density at radius 3 is 2.75 bits per heavy atom. The standard InChI is InChI=1S/C13H15ClN2O4/c1-20-13(5-2-6-13)8-15-12(17)9-3-4-10(14)11(7-9)16(18)19/h3-4,7H,2,5-6,8H2,1H3,(H,15,17). The summed E-state index contributed by atoms with van der Waals surface area (Å²) in [5.41, 5.74) is -0.343. The zero-order chi connectivity index (χ0) is 14.8. The van der Waals surface area contributed by atoms with Crippen LogP contribution < -0.4 is 5.32 Å². The molecule has 0 saturated heterocycles. The molecule has 0 unspecified atom stereocenters. The van der Waals surface area contributed by atoms with E-state index in [4.69, 9.17) is 16.3 Å². The van der Waals surface area contributed by atoms with Crippen molar-refractivity contribution in [3.63, 3.8) is 0 Å². The molecule has 0 atom stereocenters. The van der Waals surface area contributed by atoms with Gasteiger partial charge in [0.1, 0.15) is 5.02 Å². The molecule has 0 radical (unpaired) electrons. The van der Waals surface area contributed by atoms with Gasteiger partial charge in [0.2, 0.25) is 0 Å². The number of hydrogen-bond donors (Lipinski definition) is 1. The van der Waals surface area contributed by atoms with Gasteiger partial charge in [-0.25, -0.2) is 0 Å². The van der Waals surface area contributed by atoms with Crippen molar-refractivity contribution in [2.24, 2.45) is 0 Å². The fraction of sp³-hybridized carbons (Fsp3) is 0.462. The second kappa shape index (κ2) is 5.76. The molecule has 1 aromatic rings. The summed E-state index contributed by atoms with van der Waals surface area (Å²) in [6.07, 6.45) is 2.89. The van der Waals surface area contributed by atoms with E-state index in [2.05, 4.69) is 5.32 Å². The van der Waals surface area contributed by atoms with Gasteiger partial charge in [-0.05, 0) is 31.4 Å². The monoisotopic (exact) mass is 298 g/mol. The molecular weight excluding hydrogens is 284 g/mol. The summed E-state index contributed by atoms with van der Waals surface area (Å²) in [7, 11) is 1.62. The third-order valence-corrected chi connectivity index (χ3v) is 3.99.